The van der Waals surface area contributed by atoms with Crippen molar-refractivity contribution in [1.29, 1.82) is 0 Å². The van der Waals surface area contributed by atoms with E-state index >= 15 is 0 Å². The van der Waals surface area contributed by atoms with Crippen molar-refractivity contribution in [3.8, 4) is 5.75 Å². The summed E-state index contributed by atoms with van der Waals surface area (Å²) >= 11 is 6.33. The van der Waals surface area contributed by atoms with Gasteiger partial charge in [-0.05, 0) is 23.8 Å². The van der Waals surface area contributed by atoms with Gasteiger partial charge in [0.1, 0.15) is 5.75 Å². The summed E-state index contributed by atoms with van der Waals surface area (Å²) in [5.74, 6) is 0.137. The molecule has 0 fully saturated rings. The lowest BCUT2D eigenvalue weighted by Crippen LogP contribution is -2.26. The average Bonchev–Trinajstić information content (AvgIpc) is 2.36. The summed E-state index contributed by atoms with van der Waals surface area (Å²) in [5, 5.41) is 3.93. The number of hydrogen-bond acceptors (Lipinski definition) is 2. The highest BCUT2D eigenvalue weighted by molar-refractivity contribution is 6.32. The van der Waals surface area contributed by atoms with Crippen LogP contribution < -0.4 is 10.1 Å². The van der Waals surface area contributed by atoms with E-state index in [9.17, 15) is 8.78 Å². The molecule has 1 aliphatic heterocycles. The molecule has 0 spiro atoms. The van der Waals surface area contributed by atoms with E-state index in [2.05, 4.69) is 23.9 Å². The summed E-state index contributed by atoms with van der Waals surface area (Å²) in [4.78, 5) is 0. The van der Waals surface area contributed by atoms with Crippen LogP contribution in [0.5, 0.6) is 5.75 Å². The predicted octanol–water partition coefficient (Wildman–Crippen LogP) is 5.32. The number of benzene rings is 2. The molecule has 21 heavy (non-hydrogen) atoms. The third-order valence-corrected chi connectivity index (χ3v) is 4.11. The molecule has 0 amide bonds. The Morgan fingerprint density at radius 1 is 1.14 bits per heavy atom. The average molecular weight is 310 g/mol. The Kier molecular flexibility index (Phi) is 3.29. The second kappa shape index (κ2) is 4.88. The maximum atomic E-state index is 12.3. The zero-order valence-corrected chi connectivity index (χ0v) is 12.3. The van der Waals surface area contributed by atoms with Gasteiger partial charge in [0.05, 0.1) is 0 Å². The van der Waals surface area contributed by atoms with Gasteiger partial charge in [0.2, 0.25) is 0 Å². The Labute approximate surface area is 126 Å². The van der Waals surface area contributed by atoms with Gasteiger partial charge in [-0.15, -0.1) is 0 Å². The van der Waals surface area contributed by atoms with Crippen molar-refractivity contribution in [1.82, 2.24) is 0 Å². The van der Waals surface area contributed by atoms with E-state index in [1.54, 1.807) is 18.2 Å². The van der Waals surface area contributed by atoms with Gasteiger partial charge in [-0.3, -0.25) is 0 Å². The second-order valence-corrected chi connectivity index (χ2v) is 5.91. The lowest BCUT2D eigenvalue weighted by Gasteiger charge is -2.36. The number of fused-ring (bicyclic) bond motifs is 2. The summed E-state index contributed by atoms with van der Waals surface area (Å²) in [6.07, 6.45) is 0. The minimum absolute atomic E-state index is 0.137. The minimum Gasteiger partial charge on any atom is -0.435 e. The molecule has 0 saturated carbocycles. The van der Waals surface area contributed by atoms with Crippen LogP contribution in [0, 0.1) is 0 Å². The number of ether oxygens (including phenoxy) is 1. The molecule has 3 rings (SSSR count). The van der Waals surface area contributed by atoms with E-state index in [1.807, 2.05) is 18.2 Å². The van der Waals surface area contributed by atoms with Gasteiger partial charge in [-0.25, -0.2) is 0 Å². The molecule has 0 saturated heterocycles. The van der Waals surface area contributed by atoms with Gasteiger partial charge >= 0.3 is 6.61 Å². The standard InChI is InChI=1S/C16H14ClF2NO/c1-16(2)10-7-6-9(21-15(18)19)8-13(10)20-12-5-3-4-11(17)14(12)16/h3-8,15,20H,1-2H3. The molecule has 0 bridgehead atoms. The van der Waals surface area contributed by atoms with Crippen molar-refractivity contribution in [2.75, 3.05) is 5.32 Å². The van der Waals surface area contributed by atoms with Crippen LogP contribution in [0.3, 0.4) is 0 Å². The highest BCUT2D eigenvalue weighted by atomic mass is 35.5. The fourth-order valence-corrected chi connectivity index (χ4v) is 3.30. The van der Waals surface area contributed by atoms with E-state index in [0.29, 0.717) is 5.02 Å². The Bertz CT molecular complexity index is 701. The monoisotopic (exact) mass is 309 g/mol. The van der Waals surface area contributed by atoms with Gasteiger partial charge in [0.25, 0.3) is 0 Å². The number of nitrogens with one attached hydrogen (secondary N) is 1. The van der Waals surface area contributed by atoms with Crippen LogP contribution in [0.25, 0.3) is 0 Å². The molecule has 1 heterocycles. The van der Waals surface area contributed by atoms with E-state index in [-0.39, 0.29) is 11.2 Å². The van der Waals surface area contributed by atoms with Crippen molar-refractivity contribution in [2.45, 2.75) is 25.9 Å². The zero-order valence-electron chi connectivity index (χ0n) is 11.6. The molecular formula is C16H14ClF2NO. The predicted molar refractivity (Wildman–Crippen MR) is 79.9 cm³/mol. The number of halogens is 3. The third kappa shape index (κ3) is 2.33. The minimum atomic E-state index is -2.83. The summed E-state index contributed by atoms with van der Waals surface area (Å²) in [6.45, 7) is 1.29. The fourth-order valence-electron chi connectivity index (χ4n) is 2.89. The first-order valence-electron chi connectivity index (χ1n) is 6.55. The van der Waals surface area contributed by atoms with Crippen molar-refractivity contribution in [2.24, 2.45) is 0 Å². The smallest absolute Gasteiger partial charge is 0.387 e. The molecule has 0 radical (unpaired) electrons. The molecule has 0 aromatic heterocycles. The number of anilines is 2. The first-order valence-corrected chi connectivity index (χ1v) is 6.93. The van der Waals surface area contributed by atoms with Crippen molar-refractivity contribution < 1.29 is 13.5 Å². The summed E-state index contributed by atoms with van der Waals surface area (Å²) in [7, 11) is 0. The normalized spacial score (nSPS) is 15.1. The van der Waals surface area contributed by atoms with Crippen LogP contribution in [-0.2, 0) is 5.41 Å². The molecule has 2 nitrogen and oxygen atoms in total. The van der Waals surface area contributed by atoms with Gasteiger partial charge < -0.3 is 10.1 Å². The van der Waals surface area contributed by atoms with Crippen LogP contribution in [0.1, 0.15) is 25.0 Å². The first-order chi connectivity index (χ1) is 9.89. The SMILES string of the molecule is CC1(C)c2ccc(OC(F)F)cc2Nc2cccc(Cl)c21. The van der Waals surface area contributed by atoms with Crippen molar-refractivity contribution in [3.63, 3.8) is 0 Å². The molecule has 110 valence electrons. The van der Waals surface area contributed by atoms with Crippen LogP contribution in [-0.4, -0.2) is 6.61 Å². The topological polar surface area (TPSA) is 21.3 Å². The maximum Gasteiger partial charge on any atom is 0.387 e. The fraction of sp³-hybridized carbons (Fsp3) is 0.250. The molecule has 0 atom stereocenters. The lowest BCUT2D eigenvalue weighted by molar-refractivity contribution is -0.0498. The molecule has 0 unspecified atom stereocenters. The third-order valence-electron chi connectivity index (χ3n) is 3.80. The Hall–Kier alpha value is -1.81. The summed E-state index contributed by atoms with van der Waals surface area (Å²) < 4.78 is 29.1. The summed E-state index contributed by atoms with van der Waals surface area (Å²) in [6, 6.07) is 10.6. The molecule has 1 N–H and O–H groups in total. The number of hydrogen-bond donors (Lipinski definition) is 1. The Morgan fingerprint density at radius 3 is 2.62 bits per heavy atom. The highest BCUT2D eigenvalue weighted by Gasteiger charge is 2.34. The molecule has 5 heteroatoms. The maximum absolute atomic E-state index is 12.3. The molecule has 0 aliphatic carbocycles. The van der Waals surface area contributed by atoms with E-state index in [0.717, 1.165) is 22.5 Å². The molecule has 2 aromatic carbocycles. The quantitative estimate of drug-likeness (QED) is 0.810. The largest absolute Gasteiger partial charge is 0.435 e. The van der Waals surface area contributed by atoms with Crippen LogP contribution in [0.4, 0.5) is 20.2 Å². The van der Waals surface area contributed by atoms with Gasteiger partial charge in [0, 0.05) is 33.4 Å². The molecular weight excluding hydrogens is 296 g/mol. The van der Waals surface area contributed by atoms with E-state index < -0.39 is 6.61 Å². The van der Waals surface area contributed by atoms with Gasteiger partial charge in [0.15, 0.2) is 0 Å². The Balaban J connectivity index is 2.12. The van der Waals surface area contributed by atoms with Crippen LogP contribution in [0.2, 0.25) is 5.02 Å². The highest BCUT2D eigenvalue weighted by Crippen LogP contribution is 2.48. The van der Waals surface area contributed by atoms with Crippen molar-refractivity contribution in [3.05, 3.63) is 52.5 Å². The van der Waals surface area contributed by atoms with Crippen LogP contribution in [0.15, 0.2) is 36.4 Å². The number of alkyl halides is 2. The van der Waals surface area contributed by atoms with Gasteiger partial charge in [-0.2, -0.15) is 8.78 Å². The second-order valence-electron chi connectivity index (χ2n) is 5.50. The van der Waals surface area contributed by atoms with E-state index in [4.69, 9.17) is 11.6 Å². The van der Waals surface area contributed by atoms with Crippen molar-refractivity contribution >= 4 is 23.0 Å². The molecule has 2 aromatic rings. The van der Waals surface area contributed by atoms with E-state index in [1.165, 1.54) is 0 Å². The first kappa shape index (κ1) is 14.1. The van der Waals surface area contributed by atoms with Crippen LogP contribution >= 0.6 is 11.6 Å². The zero-order chi connectivity index (χ0) is 15.2. The Morgan fingerprint density at radius 2 is 1.90 bits per heavy atom. The number of rotatable bonds is 2. The lowest BCUT2D eigenvalue weighted by atomic mass is 9.74. The van der Waals surface area contributed by atoms with Gasteiger partial charge in [-0.1, -0.05) is 37.6 Å². The molecule has 1 aliphatic rings. The summed E-state index contributed by atoms with van der Waals surface area (Å²) in [5.41, 5.74) is 3.31.